The van der Waals surface area contributed by atoms with Crippen molar-refractivity contribution in [3.63, 3.8) is 0 Å². The van der Waals surface area contributed by atoms with Gasteiger partial charge in [0.2, 0.25) is 15.9 Å². The fourth-order valence-electron chi connectivity index (χ4n) is 5.44. The molecule has 5 aromatic carbocycles. The van der Waals surface area contributed by atoms with Crippen LogP contribution < -0.4 is 14.2 Å². The molecular formula is C39H31N3O5S2. The highest BCUT2D eigenvalue weighted by Gasteiger charge is 2.29. The monoisotopic (exact) mass is 685 g/mol. The van der Waals surface area contributed by atoms with E-state index < -0.39 is 22.0 Å². The summed E-state index contributed by atoms with van der Waals surface area (Å²) in [6.07, 6.45) is 0.475. The second kappa shape index (κ2) is 14.1. The summed E-state index contributed by atoms with van der Waals surface area (Å²) in [4.78, 5) is 15.9. The summed E-state index contributed by atoms with van der Waals surface area (Å²) in [6.45, 7) is 1.87. The van der Waals surface area contributed by atoms with Crippen LogP contribution in [-0.4, -0.2) is 30.6 Å². The van der Waals surface area contributed by atoms with E-state index in [0.29, 0.717) is 17.7 Å². The number of hydrogen-bond donors (Lipinski definition) is 1. The van der Waals surface area contributed by atoms with Crippen molar-refractivity contribution in [3.8, 4) is 28.6 Å². The van der Waals surface area contributed by atoms with Gasteiger partial charge in [-0.2, -0.15) is 4.72 Å². The van der Waals surface area contributed by atoms with Crippen molar-refractivity contribution in [1.82, 2.24) is 14.9 Å². The number of nitrogens with zero attached hydrogens (tertiary/aromatic N) is 2. The van der Waals surface area contributed by atoms with Crippen molar-refractivity contribution in [2.75, 3.05) is 0 Å². The standard InChI is InChI=1S/C39H31N3O5S2/c1-26-16-19-31(20-17-26)49(44,45)42-33(23-28-12-6-3-7-13-28)39(43)47-38-30(22-27-10-4-2-5-11-27)24-32(40-41-38)29-18-21-35-37(25-29)48-36-15-9-8-14-34(36)46-35/h2-21,24-25,33,42H,22-23H2,1H3. The Bertz CT molecular complexity index is 2230. The first-order valence-electron chi connectivity index (χ1n) is 15.6. The van der Waals surface area contributed by atoms with Gasteiger partial charge in [0.1, 0.15) is 17.5 Å². The number of hydrogen-bond acceptors (Lipinski definition) is 8. The van der Waals surface area contributed by atoms with Gasteiger partial charge in [-0.15, -0.1) is 10.2 Å². The van der Waals surface area contributed by atoms with Gasteiger partial charge < -0.3 is 9.47 Å². The highest BCUT2D eigenvalue weighted by atomic mass is 32.2. The lowest BCUT2D eigenvalue weighted by atomic mass is 10.0. The Morgan fingerprint density at radius 1 is 0.776 bits per heavy atom. The van der Waals surface area contributed by atoms with E-state index in [1.807, 2.05) is 116 Å². The number of sulfonamides is 1. The molecule has 0 fully saturated rings. The molecule has 6 aromatic rings. The van der Waals surface area contributed by atoms with Gasteiger partial charge in [0.05, 0.1) is 20.4 Å². The molecule has 7 rings (SSSR count). The zero-order chi connectivity index (χ0) is 33.8. The highest BCUT2D eigenvalue weighted by Crippen LogP contribution is 2.47. The first-order valence-corrected chi connectivity index (χ1v) is 17.9. The maximum Gasteiger partial charge on any atom is 0.331 e. The van der Waals surface area contributed by atoms with Gasteiger partial charge in [-0.1, -0.05) is 102 Å². The van der Waals surface area contributed by atoms with Crippen LogP contribution in [0.4, 0.5) is 0 Å². The third-order valence-corrected chi connectivity index (χ3v) is 10.6. The summed E-state index contributed by atoms with van der Waals surface area (Å²) in [6, 6.07) is 39.7. The Kier molecular flexibility index (Phi) is 9.26. The smallest absolute Gasteiger partial charge is 0.331 e. The quantitative estimate of drug-likeness (QED) is 0.145. The van der Waals surface area contributed by atoms with Gasteiger partial charge >= 0.3 is 5.97 Å². The minimum Gasteiger partial charge on any atom is -0.455 e. The summed E-state index contributed by atoms with van der Waals surface area (Å²) in [5.41, 5.74) is 4.69. The number of esters is 1. The predicted molar refractivity (Wildman–Crippen MR) is 188 cm³/mol. The Morgan fingerprint density at radius 2 is 1.45 bits per heavy atom. The molecule has 1 aliphatic heterocycles. The maximum absolute atomic E-state index is 13.9. The number of para-hydroxylation sites is 1. The van der Waals surface area contributed by atoms with Crippen LogP contribution in [0.5, 0.6) is 17.4 Å². The fraction of sp³-hybridized carbons (Fsp3) is 0.103. The number of nitrogens with one attached hydrogen (secondary N) is 1. The number of benzene rings is 5. The number of rotatable bonds is 10. The largest absolute Gasteiger partial charge is 0.455 e. The Morgan fingerprint density at radius 3 is 2.20 bits per heavy atom. The van der Waals surface area contributed by atoms with Crippen molar-refractivity contribution >= 4 is 27.8 Å². The van der Waals surface area contributed by atoms with Gasteiger partial charge in [-0.05, 0) is 73.0 Å². The summed E-state index contributed by atoms with van der Waals surface area (Å²) in [5, 5.41) is 8.84. The second-order valence-electron chi connectivity index (χ2n) is 11.6. The number of carbonyl (C=O) groups excluding carboxylic acids is 1. The van der Waals surface area contributed by atoms with Gasteiger partial charge in [-0.3, -0.25) is 0 Å². The third kappa shape index (κ3) is 7.57. The van der Waals surface area contributed by atoms with Crippen LogP contribution in [0.25, 0.3) is 11.3 Å². The highest BCUT2D eigenvalue weighted by molar-refractivity contribution is 7.99. The summed E-state index contributed by atoms with van der Waals surface area (Å²) < 4.78 is 41.4. The molecule has 0 aliphatic carbocycles. The molecule has 0 bridgehead atoms. The summed E-state index contributed by atoms with van der Waals surface area (Å²) in [5.74, 6) is 0.787. The Hall–Kier alpha value is -5.29. The summed E-state index contributed by atoms with van der Waals surface area (Å²) >= 11 is 1.62. The molecule has 0 radical (unpaired) electrons. The van der Waals surface area contributed by atoms with E-state index in [4.69, 9.17) is 9.47 Å². The molecule has 0 amide bonds. The van der Waals surface area contributed by atoms with E-state index in [1.54, 1.807) is 23.9 Å². The van der Waals surface area contributed by atoms with Gasteiger partial charge in [0, 0.05) is 17.5 Å². The number of fused-ring (bicyclic) bond motifs is 2. The molecular weight excluding hydrogens is 655 g/mol. The lowest BCUT2D eigenvalue weighted by molar-refractivity contribution is -0.136. The van der Waals surface area contributed by atoms with Crippen molar-refractivity contribution in [2.45, 2.75) is 40.5 Å². The predicted octanol–water partition coefficient (Wildman–Crippen LogP) is 7.79. The first kappa shape index (κ1) is 32.3. The topological polar surface area (TPSA) is 107 Å². The minimum atomic E-state index is -4.06. The van der Waals surface area contributed by atoms with Gasteiger partial charge in [0.15, 0.2) is 0 Å². The van der Waals surface area contributed by atoms with Crippen molar-refractivity contribution in [1.29, 1.82) is 0 Å². The molecule has 1 aliphatic rings. The zero-order valence-corrected chi connectivity index (χ0v) is 28.1. The third-order valence-electron chi connectivity index (χ3n) is 7.99. The lowest BCUT2D eigenvalue weighted by Gasteiger charge is -2.20. The SMILES string of the molecule is Cc1ccc(S(=O)(=O)NC(Cc2ccccc2)C(=O)Oc2nnc(-c3ccc4c(c3)Sc3ccccc3O4)cc2Cc2ccccc2)cc1. The summed E-state index contributed by atoms with van der Waals surface area (Å²) in [7, 11) is -4.06. The molecule has 8 nitrogen and oxygen atoms in total. The molecule has 1 unspecified atom stereocenters. The molecule has 244 valence electrons. The van der Waals surface area contributed by atoms with Crippen LogP contribution in [0.3, 0.4) is 0 Å². The molecule has 1 N–H and O–H groups in total. The molecule has 10 heteroatoms. The average Bonchev–Trinajstić information content (AvgIpc) is 3.12. The second-order valence-corrected chi connectivity index (χ2v) is 14.4. The van der Waals surface area contributed by atoms with Crippen LogP contribution in [0.15, 0.2) is 148 Å². The molecule has 49 heavy (non-hydrogen) atoms. The minimum absolute atomic E-state index is 0.00907. The molecule has 1 aromatic heterocycles. The van der Waals surface area contributed by atoms with E-state index in [1.165, 1.54) is 12.1 Å². The van der Waals surface area contributed by atoms with E-state index in [0.717, 1.165) is 43.5 Å². The number of aromatic nitrogens is 2. The van der Waals surface area contributed by atoms with E-state index in [2.05, 4.69) is 14.9 Å². The van der Waals surface area contributed by atoms with E-state index in [9.17, 15) is 13.2 Å². The Labute approximate surface area is 289 Å². The zero-order valence-electron chi connectivity index (χ0n) is 26.4. The normalized spacial score (nSPS) is 12.7. The average molecular weight is 686 g/mol. The van der Waals surface area contributed by atoms with Gasteiger partial charge in [-0.25, -0.2) is 13.2 Å². The lowest BCUT2D eigenvalue weighted by Crippen LogP contribution is -2.44. The number of carbonyl (C=O) groups is 1. The number of aryl methyl sites for hydroxylation is 1. The molecule has 2 heterocycles. The van der Waals surface area contributed by atoms with E-state index in [-0.39, 0.29) is 17.2 Å². The van der Waals surface area contributed by atoms with Crippen LogP contribution in [0.1, 0.15) is 22.3 Å². The van der Waals surface area contributed by atoms with Crippen LogP contribution in [-0.2, 0) is 27.7 Å². The van der Waals surface area contributed by atoms with Crippen LogP contribution in [0, 0.1) is 6.92 Å². The van der Waals surface area contributed by atoms with E-state index >= 15 is 0 Å². The van der Waals surface area contributed by atoms with Gasteiger partial charge in [0.25, 0.3) is 0 Å². The first-order chi connectivity index (χ1) is 23.8. The van der Waals surface area contributed by atoms with Crippen molar-refractivity contribution in [2.24, 2.45) is 0 Å². The maximum atomic E-state index is 13.9. The van der Waals surface area contributed by atoms with Crippen molar-refractivity contribution in [3.05, 3.63) is 156 Å². The molecule has 0 saturated carbocycles. The molecule has 0 saturated heterocycles. The Balaban J connectivity index is 1.20. The van der Waals surface area contributed by atoms with Crippen molar-refractivity contribution < 1.29 is 22.7 Å². The molecule has 1 atom stereocenters. The number of ether oxygens (including phenoxy) is 2. The van der Waals surface area contributed by atoms with Crippen LogP contribution in [0.2, 0.25) is 0 Å². The molecule has 0 spiro atoms. The van der Waals surface area contributed by atoms with Crippen LogP contribution >= 0.6 is 11.8 Å². The fourth-order valence-corrected chi connectivity index (χ4v) is 7.61.